The van der Waals surface area contributed by atoms with E-state index in [9.17, 15) is 27.3 Å². The number of hydrogen-bond acceptors (Lipinski definition) is 7. The summed E-state index contributed by atoms with van der Waals surface area (Å²) in [5.74, 6) is -2.61. The fourth-order valence-electron chi connectivity index (χ4n) is 6.69. The van der Waals surface area contributed by atoms with Gasteiger partial charge in [0.25, 0.3) is 0 Å². The number of nitrogens with one attached hydrogen (secondary N) is 1. The van der Waals surface area contributed by atoms with Crippen LogP contribution >= 0.6 is 0 Å². The molecule has 5 heterocycles. The van der Waals surface area contributed by atoms with Crippen molar-refractivity contribution in [2.24, 2.45) is 5.41 Å². The van der Waals surface area contributed by atoms with Crippen LogP contribution in [0, 0.1) is 26.2 Å². The number of carbonyl (C=O) groups is 1. The Morgan fingerprint density at radius 1 is 1.13 bits per heavy atom. The fourth-order valence-corrected chi connectivity index (χ4v) is 8.11. The second-order valence-corrected chi connectivity index (χ2v) is 14.6. The molecule has 0 saturated carbocycles. The van der Waals surface area contributed by atoms with Crippen LogP contribution in [-0.4, -0.2) is 64.4 Å². The number of nitrogens with zero attached hydrogens (tertiary/aromatic N) is 5. The number of aryl methyl sites for hydroxylation is 3. The van der Waals surface area contributed by atoms with Gasteiger partial charge in [0.2, 0.25) is 11.7 Å². The van der Waals surface area contributed by atoms with Gasteiger partial charge in [0, 0.05) is 37.7 Å². The van der Waals surface area contributed by atoms with Crippen molar-refractivity contribution in [2.75, 3.05) is 19.6 Å². The van der Waals surface area contributed by atoms with Crippen LogP contribution in [-0.2, 0) is 28.5 Å². The lowest BCUT2D eigenvalue weighted by Crippen LogP contribution is -2.52. The second kappa shape index (κ2) is 12.0. The minimum Gasteiger partial charge on any atom is -0.481 e. The van der Waals surface area contributed by atoms with E-state index in [1.807, 2.05) is 42.4 Å². The van der Waals surface area contributed by atoms with Gasteiger partial charge in [-0.05, 0) is 93.2 Å². The topological polar surface area (TPSA) is 122 Å². The largest absolute Gasteiger partial charge is 0.481 e. The third-order valence-electron chi connectivity index (χ3n) is 9.43. The summed E-state index contributed by atoms with van der Waals surface area (Å²) in [7, 11) is -1.60. The van der Waals surface area contributed by atoms with E-state index in [1.165, 1.54) is 12.3 Å². The van der Waals surface area contributed by atoms with Gasteiger partial charge in [-0.15, -0.1) is 10.2 Å². The van der Waals surface area contributed by atoms with Crippen molar-refractivity contribution in [3.63, 3.8) is 0 Å². The monoisotopic (exact) mass is 670 g/mol. The number of alkyl halides is 3. The summed E-state index contributed by atoms with van der Waals surface area (Å²) < 4.78 is 64.3. The number of piperidine rings is 1. The molecule has 250 valence electrons. The van der Waals surface area contributed by atoms with Gasteiger partial charge in [-0.2, -0.15) is 13.2 Å². The summed E-state index contributed by atoms with van der Waals surface area (Å²) >= 11 is 0. The third-order valence-corrected chi connectivity index (χ3v) is 10.8. The Bertz CT molecular complexity index is 1890. The zero-order chi connectivity index (χ0) is 33.9. The van der Waals surface area contributed by atoms with Crippen molar-refractivity contribution in [3.8, 4) is 5.88 Å². The van der Waals surface area contributed by atoms with Crippen molar-refractivity contribution in [1.82, 2.24) is 29.2 Å². The standard InChI is InChI=1S/C33H37F3N6O4S/c1-19-14-25-28(38-16-19)46-32(9-11-37-12-10-32)18-41(47(25)45)17-23-15-22(7-6-20(23)2)26(31(4,5)30(43)44)24-8-13-42-27(21(24)3)39-40-29(42)33(34,35)36/h6-8,13-16,26,37H,9-12,17-18H2,1-5H3,(H,43,44). The number of fused-ring (bicyclic) bond motifs is 2. The number of halogens is 3. The molecule has 0 radical (unpaired) electrons. The average molecular weight is 671 g/mol. The summed E-state index contributed by atoms with van der Waals surface area (Å²) in [4.78, 5) is 17.7. The lowest BCUT2D eigenvalue weighted by molar-refractivity contribution is -0.147. The molecular formula is C33H37F3N6O4S. The highest BCUT2D eigenvalue weighted by molar-refractivity contribution is 7.82. The zero-order valence-electron chi connectivity index (χ0n) is 26.8. The molecule has 4 aromatic rings. The van der Waals surface area contributed by atoms with E-state index in [0.29, 0.717) is 46.9 Å². The van der Waals surface area contributed by atoms with Crippen molar-refractivity contribution in [3.05, 3.63) is 81.9 Å². The Balaban J connectivity index is 1.44. The molecule has 14 heteroatoms. The molecule has 3 aromatic heterocycles. The van der Waals surface area contributed by atoms with E-state index in [1.54, 1.807) is 27.0 Å². The molecule has 2 aliphatic heterocycles. The van der Waals surface area contributed by atoms with Crippen LogP contribution in [0.25, 0.3) is 5.65 Å². The highest BCUT2D eigenvalue weighted by atomic mass is 32.2. The first-order valence-corrected chi connectivity index (χ1v) is 16.5. The SMILES string of the molecule is Cc1cnc2c(c1)S(=O)N(Cc1cc(C(c3ccn4c(C(F)(F)F)nnc4c3C)C(C)(C)C(=O)O)ccc1C)CC1(CCNCC1)O2. The number of carboxylic acids is 1. The van der Waals surface area contributed by atoms with E-state index >= 15 is 0 Å². The lowest BCUT2D eigenvalue weighted by Gasteiger charge is -2.38. The van der Waals surface area contributed by atoms with E-state index in [0.717, 1.165) is 34.2 Å². The molecule has 1 saturated heterocycles. The fraction of sp³-hybridized carbons (Fsp3) is 0.455. The maximum Gasteiger partial charge on any atom is 0.452 e. The number of hydrogen-bond donors (Lipinski definition) is 2. The molecule has 2 N–H and O–H groups in total. The number of aliphatic carboxylic acids is 1. The van der Waals surface area contributed by atoms with Crippen molar-refractivity contribution >= 4 is 22.6 Å². The molecule has 6 rings (SSSR count). The molecular weight excluding hydrogens is 633 g/mol. The van der Waals surface area contributed by atoms with Crippen LogP contribution in [0.5, 0.6) is 5.88 Å². The highest BCUT2D eigenvalue weighted by Crippen LogP contribution is 2.44. The van der Waals surface area contributed by atoms with Crippen LogP contribution < -0.4 is 10.1 Å². The maximum atomic E-state index is 14.2. The van der Waals surface area contributed by atoms with Crippen LogP contribution in [0.15, 0.2) is 47.6 Å². The molecule has 0 aliphatic carbocycles. The Hall–Kier alpha value is -3.88. The van der Waals surface area contributed by atoms with Crippen LogP contribution in [0.2, 0.25) is 0 Å². The number of ether oxygens (including phenoxy) is 1. The molecule has 0 amide bonds. The third kappa shape index (κ3) is 6.02. The van der Waals surface area contributed by atoms with Gasteiger partial charge >= 0.3 is 12.1 Å². The Kier molecular flexibility index (Phi) is 8.42. The van der Waals surface area contributed by atoms with Gasteiger partial charge in [0.05, 0.1) is 12.0 Å². The van der Waals surface area contributed by atoms with Crippen molar-refractivity contribution in [2.45, 2.75) is 76.6 Å². The van der Waals surface area contributed by atoms with Crippen LogP contribution in [0.4, 0.5) is 13.2 Å². The average Bonchev–Trinajstić information content (AvgIpc) is 3.43. The van der Waals surface area contributed by atoms with Gasteiger partial charge in [0.15, 0.2) is 5.65 Å². The van der Waals surface area contributed by atoms with Gasteiger partial charge in [-0.1, -0.05) is 18.2 Å². The first-order valence-electron chi connectivity index (χ1n) is 15.4. The minimum atomic E-state index is -4.71. The van der Waals surface area contributed by atoms with Gasteiger partial charge < -0.3 is 15.2 Å². The summed E-state index contributed by atoms with van der Waals surface area (Å²) in [6, 6.07) is 9.03. The molecule has 2 aliphatic rings. The summed E-state index contributed by atoms with van der Waals surface area (Å²) in [5, 5.41) is 21.0. The summed E-state index contributed by atoms with van der Waals surface area (Å²) in [5.41, 5.74) is 2.25. The van der Waals surface area contributed by atoms with Gasteiger partial charge in [-0.25, -0.2) is 13.5 Å². The number of pyridine rings is 2. The predicted octanol–water partition coefficient (Wildman–Crippen LogP) is 5.35. The Labute approximate surface area is 273 Å². The summed E-state index contributed by atoms with van der Waals surface area (Å²) in [6.07, 6.45) is -0.332. The Morgan fingerprint density at radius 2 is 1.85 bits per heavy atom. The van der Waals surface area contributed by atoms with Gasteiger partial charge in [-0.3, -0.25) is 9.20 Å². The van der Waals surface area contributed by atoms with E-state index in [2.05, 4.69) is 20.5 Å². The lowest BCUT2D eigenvalue weighted by atomic mass is 9.70. The molecule has 1 aromatic carbocycles. The molecule has 1 fully saturated rings. The summed E-state index contributed by atoms with van der Waals surface area (Å²) in [6.45, 7) is 10.9. The molecule has 1 spiro atoms. The number of rotatable bonds is 6. The minimum absolute atomic E-state index is 0.00292. The van der Waals surface area contributed by atoms with E-state index < -0.39 is 45.9 Å². The smallest absolute Gasteiger partial charge is 0.452 e. The van der Waals surface area contributed by atoms with Crippen molar-refractivity contribution in [1.29, 1.82) is 0 Å². The number of carboxylic acid groups (broad SMARTS) is 1. The van der Waals surface area contributed by atoms with Crippen LogP contribution in [0.1, 0.15) is 71.8 Å². The normalized spacial score (nSPS) is 19.3. The first-order chi connectivity index (χ1) is 22.1. The second-order valence-electron chi connectivity index (χ2n) is 13.2. The zero-order valence-corrected chi connectivity index (χ0v) is 27.6. The Morgan fingerprint density at radius 3 is 2.53 bits per heavy atom. The van der Waals surface area contributed by atoms with E-state index in [4.69, 9.17) is 4.74 Å². The predicted molar refractivity (Wildman–Crippen MR) is 168 cm³/mol. The number of benzene rings is 1. The van der Waals surface area contributed by atoms with E-state index in [-0.39, 0.29) is 12.2 Å². The quantitative estimate of drug-likeness (QED) is 0.282. The molecule has 47 heavy (non-hydrogen) atoms. The van der Waals surface area contributed by atoms with Gasteiger partial charge in [0.1, 0.15) is 21.5 Å². The molecule has 2 atom stereocenters. The number of aromatic nitrogens is 4. The molecule has 10 nitrogen and oxygen atoms in total. The molecule has 0 bridgehead atoms. The molecule has 2 unspecified atom stereocenters. The first kappa shape index (κ1) is 33.0. The van der Waals surface area contributed by atoms with Crippen molar-refractivity contribution < 1.29 is 32.0 Å². The highest BCUT2D eigenvalue weighted by Gasteiger charge is 2.44. The maximum absolute atomic E-state index is 14.2. The van der Waals surface area contributed by atoms with Crippen LogP contribution in [0.3, 0.4) is 0 Å².